The van der Waals surface area contributed by atoms with Crippen LogP contribution < -0.4 is 9.47 Å². The number of nitrogens with zero attached hydrogens (tertiary/aromatic N) is 1. The summed E-state index contributed by atoms with van der Waals surface area (Å²) >= 11 is 0. The molecule has 0 radical (unpaired) electrons. The van der Waals surface area contributed by atoms with Gasteiger partial charge in [0.25, 0.3) is 0 Å². The third-order valence-electron chi connectivity index (χ3n) is 5.30. The van der Waals surface area contributed by atoms with E-state index in [1.165, 1.54) is 0 Å². The molecular formula is C26H29NO3. The van der Waals surface area contributed by atoms with E-state index in [0.717, 1.165) is 12.0 Å². The van der Waals surface area contributed by atoms with E-state index in [1.807, 2.05) is 93.0 Å². The van der Waals surface area contributed by atoms with Gasteiger partial charge in [-0.15, -0.1) is 0 Å². The summed E-state index contributed by atoms with van der Waals surface area (Å²) in [7, 11) is 4.08. The van der Waals surface area contributed by atoms with Crippen molar-refractivity contribution in [2.75, 3.05) is 20.9 Å². The van der Waals surface area contributed by atoms with E-state index in [-0.39, 0.29) is 18.5 Å². The third-order valence-corrected chi connectivity index (χ3v) is 5.30. The van der Waals surface area contributed by atoms with Crippen molar-refractivity contribution in [3.63, 3.8) is 0 Å². The van der Waals surface area contributed by atoms with Crippen LogP contribution in [0.3, 0.4) is 0 Å². The molecule has 3 aromatic rings. The normalized spacial score (nSPS) is 13.9. The standard InChI is InChI=1S/C20H23NO3.C6H6/c1-14(21(2)3)11-17(15-7-5-4-6-8-15)20(22)16-9-10-18-19(12-16)24-13-23-18;1-2-4-6-5-3-1/h4-10,12,14,17H,11,13H2,1-3H3;1-6H. The highest BCUT2D eigenvalue weighted by atomic mass is 16.7. The molecule has 156 valence electrons. The second-order valence-electron chi connectivity index (χ2n) is 7.60. The average Bonchev–Trinajstić information content (AvgIpc) is 3.27. The number of hydrogen-bond donors (Lipinski definition) is 0. The summed E-state index contributed by atoms with van der Waals surface area (Å²) in [6.45, 7) is 2.36. The van der Waals surface area contributed by atoms with Crippen LogP contribution in [0.5, 0.6) is 11.5 Å². The van der Waals surface area contributed by atoms with Crippen molar-refractivity contribution in [2.45, 2.75) is 25.3 Å². The zero-order chi connectivity index (χ0) is 21.3. The average molecular weight is 404 g/mol. The maximum Gasteiger partial charge on any atom is 0.231 e. The summed E-state index contributed by atoms with van der Waals surface area (Å²) in [5.74, 6) is 1.29. The molecule has 0 saturated heterocycles. The van der Waals surface area contributed by atoms with Gasteiger partial charge >= 0.3 is 0 Å². The van der Waals surface area contributed by atoms with Gasteiger partial charge in [-0.1, -0.05) is 66.7 Å². The fraction of sp³-hybridized carbons (Fsp3) is 0.269. The lowest BCUT2D eigenvalue weighted by atomic mass is 9.85. The number of Topliss-reactive ketones (excluding diaryl/α,β-unsaturated/α-hetero) is 1. The quantitative estimate of drug-likeness (QED) is 0.516. The predicted octanol–water partition coefficient (Wildman–Crippen LogP) is 5.41. The van der Waals surface area contributed by atoms with Crippen LogP contribution in [0.15, 0.2) is 84.9 Å². The van der Waals surface area contributed by atoms with E-state index in [2.05, 4.69) is 11.8 Å². The van der Waals surface area contributed by atoms with E-state index in [1.54, 1.807) is 6.07 Å². The Labute approximate surface area is 179 Å². The molecule has 0 fully saturated rings. The van der Waals surface area contributed by atoms with Crippen LogP contribution in [0.2, 0.25) is 0 Å². The van der Waals surface area contributed by atoms with Gasteiger partial charge in [-0.25, -0.2) is 0 Å². The maximum absolute atomic E-state index is 13.2. The Morgan fingerprint density at radius 2 is 1.43 bits per heavy atom. The third kappa shape index (κ3) is 5.71. The second-order valence-corrected chi connectivity index (χ2v) is 7.60. The number of ketones is 1. The first-order chi connectivity index (χ1) is 14.6. The first-order valence-corrected chi connectivity index (χ1v) is 10.2. The lowest BCUT2D eigenvalue weighted by Crippen LogP contribution is -2.29. The molecule has 4 heteroatoms. The molecule has 1 aliphatic rings. The highest BCUT2D eigenvalue weighted by Crippen LogP contribution is 2.35. The maximum atomic E-state index is 13.2. The number of rotatable bonds is 6. The fourth-order valence-electron chi connectivity index (χ4n) is 3.27. The molecule has 0 amide bonds. The first kappa shape index (κ1) is 21.6. The van der Waals surface area contributed by atoms with Crippen LogP contribution in [0.25, 0.3) is 0 Å². The Kier molecular flexibility index (Phi) is 7.63. The van der Waals surface area contributed by atoms with Crippen molar-refractivity contribution in [1.82, 2.24) is 4.90 Å². The summed E-state index contributed by atoms with van der Waals surface area (Å²) in [6.07, 6.45) is 0.768. The van der Waals surface area contributed by atoms with Crippen molar-refractivity contribution < 1.29 is 14.3 Å². The van der Waals surface area contributed by atoms with Crippen LogP contribution in [-0.2, 0) is 0 Å². The summed E-state index contributed by atoms with van der Waals surface area (Å²) in [5, 5.41) is 0. The molecule has 4 nitrogen and oxygen atoms in total. The summed E-state index contributed by atoms with van der Waals surface area (Å²) in [6, 6.07) is 27.7. The minimum Gasteiger partial charge on any atom is -0.454 e. The molecule has 4 rings (SSSR count). The first-order valence-electron chi connectivity index (χ1n) is 10.2. The van der Waals surface area contributed by atoms with E-state index in [4.69, 9.17) is 9.47 Å². The highest BCUT2D eigenvalue weighted by Gasteiger charge is 2.26. The molecule has 2 atom stereocenters. The van der Waals surface area contributed by atoms with Gasteiger partial charge in [-0.05, 0) is 51.2 Å². The molecule has 1 heterocycles. The van der Waals surface area contributed by atoms with E-state index in [0.29, 0.717) is 23.1 Å². The lowest BCUT2D eigenvalue weighted by molar-refractivity contribution is 0.0941. The molecule has 0 aromatic heterocycles. The molecule has 0 bridgehead atoms. The zero-order valence-corrected chi connectivity index (χ0v) is 17.8. The van der Waals surface area contributed by atoms with Crippen molar-refractivity contribution in [2.24, 2.45) is 0 Å². The molecule has 3 aromatic carbocycles. The Morgan fingerprint density at radius 3 is 2.03 bits per heavy atom. The van der Waals surface area contributed by atoms with Crippen LogP contribution >= 0.6 is 0 Å². The van der Waals surface area contributed by atoms with E-state index in [9.17, 15) is 4.79 Å². The molecule has 2 unspecified atom stereocenters. The largest absolute Gasteiger partial charge is 0.454 e. The summed E-state index contributed by atoms with van der Waals surface area (Å²) < 4.78 is 10.7. The van der Waals surface area contributed by atoms with Gasteiger partial charge in [-0.3, -0.25) is 4.79 Å². The molecule has 0 aliphatic carbocycles. The number of fused-ring (bicyclic) bond motifs is 1. The Balaban J connectivity index is 0.000000367. The Hall–Kier alpha value is -3.11. The van der Waals surface area contributed by atoms with Gasteiger partial charge in [-0.2, -0.15) is 0 Å². The molecule has 30 heavy (non-hydrogen) atoms. The molecular weight excluding hydrogens is 374 g/mol. The monoisotopic (exact) mass is 403 g/mol. The summed E-state index contributed by atoms with van der Waals surface area (Å²) in [4.78, 5) is 15.3. The smallest absolute Gasteiger partial charge is 0.231 e. The van der Waals surface area contributed by atoms with Gasteiger partial charge in [0.2, 0.25) is 6.79 Å². The second kappa shape index (κ2) is 10.6. The summed E-state index contributed by atoms with van der Waals surface area (Å²) in [5.41, 5.74) is 1.72. The van der Waals surface area contributed by atoms with E-state index < -0.39 is 0 Å². The molecule has 1 aliphatic heterocycles. The molecule has 0 spiro atoms. The Morgan fingerprint density at radius 1 is 0.867 bits per heavy atom. The highest BCUT2D eigenvalue weighted by molar-refractivity contribution is 6.01. The number of carbonyl (C=O) groups excluding carboxylic acids is 1. The van der Waals surface area contributed by atoms with Crippen molar-refractivity contribution in [3.8, 4) is 11.5 Å². The molecule has 0 N–H and O–H groups in total. The van der Waals surface area contributed by atoms with Gasteiger partial charge in [0.15, 0.2) is 17.3 Å². The fourth-order valence-corrected chi connectivity index (χ4v) is 3.27. The topological polar surface area (TPSA) is 38.8 Å². The van der Waals surface area contributed by atoms with E-state index >= 15 is 0 Å². The molecule has 0 saturated carbocycles. The zero-order valence-electron chi connectivity index (χ0n) is 17.8. The number of ether oxygens (including phenoxy) is 2. The minimum absolute atomic E-state index is 0.119. The van der Waals surface area contributed by atoms with Crippen molar-refractivity contribution in [3.05, 3.63) is 96.1 Å². The number of carbonyl (C=O) groups is 1. The van der Waals surface area contributed by atoms with Crippen LogP contribution in [0, 0.1) is 0 Å². The number of hydrogen-bond acceptors (Lipinski definition) is 4. The van der Waals surface area contributed by atoms with Gasteiger partial charge in [0.05, 0.1) is 0 Å². The van der Waals surface area contributed by atoms with Crippen LogP contribution in [0.1, 0.15) is 35.2 Å². The minimum atomic E-state index is -0.177. The lowest BCUT2D eigenvalue weighted by Gasteiger charge is -2.25. The van der Waals surface area contributed by atoms with Crippen LogP contribution in [-0.4, -0.2) is 37.6 Å². The van der Waals surface area contributed by atoms with Crippen LogP contribution in [0.4, 0.5) is 0 Å². The predicted molar refractivity (Wildman–Crippen MR) is 120 cm³/mol. The van der Waals surface area contributed by atoms with Crippen molar-refractivity contribution >= 4 is 5.78 Å². The Bertz CT molecular complexity index is 899. The van der Waals surface area contributed by atoms with Gasteiger partial charge in [0.1, 0.15) is 0 Å². The SMILES string of the molecule is CC(CC(C(=O)c1ccc2c(c1)OCO2)c1ccccc1)N(C)C.c1ccccc1. The van der Waals surface area contributed by atoms with Gasteiger partial charge in [0, 0.05) is 17.5 Å². The van der Waals surface area contributed by atoms with Crippen molar-refractivity contribution in [1.29, 1.82) is 0 Å². The van der Waals surface area contributed by atoms with Gasteiger partial charge < -0.3 is 14.4 Å². The number of benzene rings is 3.